The van der Waals surface area contributed by atoms with Gasteiger partial charge in [-0.25, -0.2) is 0 Å². The van der Waals surface area contributed by atoms with Crippen LogP contribution in [0.5, 0.6) is 0 Å². The molecule has 30 heavy (non-hydrogen) atoms. The molecule has 166 valence electrons. The molecule has 0 unspecified atom stereocenters. The van der Waals surface area contributed by atoms with Gasteiger partial charge >= 0.3 is 0 Å². The van der Waals surface area contributed by atoms with Crippen molar-refractivity contribution >= 4 is 11.5 Å². The maximum absolute atomic E-state index is 12.9. The first kappa shape index (κ1) is 26.1. The Morgan fingerprint density at radius 1 is 1.07 bits per heavy atom. The van der Waals surface area contributed by atoms with E-state index in [1.165, 1.54) is 41.5 Å². The van der Waals surface area contributed by atoms with Gasteiger partial charge in [0.15, 0.2) is 5.78 Å². The number of carbonyl (C=O) groups is 1. The van der Waals surface area contributed by atoms with Crippen molar-refractivity contribution in [3.8, 4) is 0 Å². The zero-order valence-corrected chi connectivity index (χ0v) is 20.7. The van der Waals surface area contributed by atoms with Gasteiger partial charge in [-0.2, -0.15) is 0 Å². The summed E-state index contributed by atoms with van der Waals surface area (Å²) in [6.07, 6.45) is 13.2. The van der Waals surface area contributed by atoms with Gasteiger partial charge in [0, 0.05) is 11.3 Å². The Morgan fingerprint density at radius 2 is 1.77 bits per heavy atom. The van der Waals surface area contributed by atoms with Crippen LogP contribution in [0.15, 0.2) is 40.9 Å². The number of Topliss-reactive ketones (excluding diaryl/α,β-unsaturated/α-hetero) is 1. The Hall–Kier alpha value is -1.96. The molecular weight excluding hydrogens is 366 g/mol. The van der Waals surface area contributed by atoms with E-state index in [0.717, 1.165) is 30.5 Å². The molecule has 0 aliphatic rings. The van der Waals surface area contributed by atoms with Crippen LogP contribution in [0.25, 0.3) is 0 Å². The van der Waals surface area contributed by atoms with Crippen molar-refractivity contribution in [2.45, 2.75) is 99.3 Å². The summed E-state index contributed by atoms with van der Waals surface area (Å²) in [5.74, 6) is 0.0938. The van der Waals surface area contributed by atoms with E-state index < -0.39 is 0 Å². The minimum absolute atomic E-state index is 0.0205. The average molecular weight is 410 g/mol. The first-order valence-corrected chi connectivity index (χ1v) is 11.7. The summed E-state index contributed by atoms with van der Waals surface area (Å²) in [5, 5.41) is 0. The monoisotopic (exact) mass is 409 g/mol. The van der Waals surface area contributed by atoms with Crippen molar-refractivity contribution in [3.05, 3.63) is 58.2 Å². The van der Waals surface area contributed by atoms with E-state index in [-0.39, 0.29) is 17.7 Å². The summed E-state index contributed by atoms with van der Waals surface area (Å²) >= 11 is 0. The molecule has 2 heteroatoms. The number of ketones is 1. The van der Waals surface area contributed by atoms with E-state index in [0.29, 0.717) is 0 Å². The Balaban J connectivity index is 3.04. The van der Waals surface area contributed by atoms with E-state index in [1.54, 1.807) is 0 Å². The molecule has 2 nitrogen and oxygen atoms in total. The van der Waals surface area contributed by atoms with E-state index in [2.05, 4.69) is 77.7 Å². The molecule has 0 aliphatic carbocycles. The molecule has 0 aliphatic heterocycles. The maximum Gasteiger partial charge on any atom is 0.184 e. The van der Waals surface area contributed by atoms with Crippen molar-refractivity contribution in [1.29, 1.82) is 0 Å². The standard InChI is InChI=1S/C28H43NO/c1-9-12-13-15-25-21(4)18-24(19-26(25)28(6,7)8)27(30)20-29-22(5)16-17-23(11-3)14-10-2/h11,16-19H,9-10,12-15,20H2,1-8H3/b17-16-,23-11-,29-22?. The van der Waals surface area contributed by atoms with Gasteiger partial charge in [0.25, 0.3) is 0 Å². The fourth-order valence-corrected chi connectivity index (χ4v) is 3.71. The summed E-state index contributed by atoms with van der Waals surface area (Å²) in [6, 6.07) is 4.19. The number of aryl methyl sites for hydroxylation is 1. The lowest BCUT2D eigenvalue weighted by molar-refractivity contribution is 0.100. The second kappa shape index (κ2) is 12.7. The molecule has 0 saturated carbocycles. The highest BCUT2D eigenvalue weighted by Gasteiger charge is 2.21. The minimum Gasteiger partial charge on any atom is -0.292 e. The highest BCUT2D eigenvalue weighted by molar-refractivity contribution is 6.01. The molecule has 0 atom stereocenters. The van der Waals surface area contributed by atoms with Crippen molar-refractivity contribution in [2.75, 3.05) is 6.54 Å². The summed E-state index contributed by atoms with van der Waals surface area (Å²) in [5.41, 5.74) is 6.97. The molecule has 0 spiro atoms. The predicted octanol–water partition coefficient (Wildman–Crippen LogP) is 7.97. The second-order valence-corrected chi connectivity index (χ2v) is 9.35. The summed E-state index contributed by atoms with van der Waals surface area (Å²) in [6.45, 7) is 17.5. The Morgan fingerprint density at radius 3 is 2.33 bits per heavy atom. The normalized spacial score (nSPS) is 13.3. The Kier molecular flexibility index (Phi) is 11.0. The van der Waals surface area contributed by atoms with Gasteiger partial charge in [0.2, 0.25) is 0 Å². The molecule has 1 aromatic rings. The molecule has 0 aromatic heterocycles. The number of unbranched alkanes of at least 4 members (excludes halogenated alkanes) is 2. The van der Waals surface area contributed by atoms with Crippen molar-refractivity contribution in [2.24, 2.45) is 4.99 Å². The third-order valence-corrected chi connectivity index (χ3v) is 5.55. The summed E-state index contributed by atoms with van der Waals surface area (Å²) in [7, 11) is 0. The summed E-state index contributed by atoms with van der Waals surface area (Å²) < 4.78 is 0. The molecule has 0 N–H and O–H groups in total. The number of carbonyl (C=O) groups excluding carboxylic acids is 1. The van der Waals surface area contributed by atoms with Crippen LogP contribution >= 0.6 is 0 Å². The highest BCUT2D eigenvalue weighted by Crippen LogP contribution is 2.31. The number of rotatable bonds is 11. The number of aliphatic imine (C=N–C) groups is 1. The fourth-order valence-electron chi connectivity index (χ4n) is 3.71. The summed E-state index contributed by atoms with van der Waals surface area (Å²) in [4.78, 5) is 17.4. The van der Waals surface area contributed by atoms with Crippen LogP contribution in [0.4, 0.5) is 0 Å². The van der Waals surface area contributed by atoms with Crippen LogP contribution in [0.1, 0.15) is 108 Å². The molecule has 0 amide bonds. The van der Waals surface area contributed by atoms with E-state index in [4.69, 9.17) is 0 Å². The van der Waals surface area contributed by atoms with Gasteiger partial charge in [-0.1, -0.05) is 71.6 Å². The number of hydrogen-bond acceptors (Lipinski definition) is 2. The quantitative estimate of drug-likeness (QED) is 0.158. The Bertz CT molecular complexity index is 788. The molecule has 1 aromatic carbocycles. The van der Waals surface area contributed by atoms with Gasteiger partial charge in [-0.15, -0.1) is 0 Å². The second-order valence-electron chi connectivity index (χ2n) is 9.35. The molecular formula is C28H43NO. The molecule has 0 bridgehead atoms. The van der Waals surface area contributed by atoms with Crippen LogP contribution in [-0.4, -0.2) is 18.0 Å². The average Bonchev–Trinajstić information content (AvgIpc) is 2.69. The number of hydrogen-bond donors (Lipinski definition) is 0. The largest absolute Gasteiger partial charge is 0.292 e. The van der Waals surface area contributed by atoms with Crippen molar-refractivity contribution in [3.63, 3.8) is 0 Å². The minimum atomic E-state index is 0.0205. The smallest absolute Gasteiger partial charge is 0.184 e. The lowest BCUT2D eigenvalue weighted by Crippen LogP contribution is -2.18. The molecule has 0 saturated heterocycles. The number of nitrogens with zero attached hydrogens (tertiary/aromatic N) is 1. The van der Waals surface area contributed by atoms with E-state index in [1.807, 2.05) is 13.0 Å². The molecule has 0 radical (unpaired) electrons. The maximum atomic E-state index is 12.9. The van der Waals surface area contributed by atoms with Gasteiger partial charge < -0.3 is 0 Å². The molecule has 1 rings (SSSR count). The van der Waals surface area contributed by atoms with Gasteiger partial charge in [0.05, 0.1) is 0 Å². The predicted molar refractivity (Wildman–Crippen MR) is 133 cm³/mol. The molecule has 0 fully saturated rings. The number of benzene rings is 1. The van der Waals surface area contributed by atoms with Gasteiger partial charge in [-0.05, 0) is 80.3 Å². The van der Waals surface area contributed by atoms with Crippen molar-refractivity contribution < 1.29 is 4.79 Å². The van der Waals surface area contributed by atoms with Crippen molar-refractivity contribution in [1.82, 2.24) is 0 Å². The zero-order chi connectivity index (χ0) is 22.7. The van der Waals surface area contributed by atoms with Crippen LogP contribution in [0.3, 0.4) is 0 Å². The third kappa shape index (κ3) is 8.42. The van der Waals surface area contributed by atoms with Gasteiger partial charge in [-0.3, -0.25) is 9.79 Å². The lowest BCUT2D eigenvalue weighted by Gasteiger charge is -2.25. The Labute approximate surface area is 185 Å². The fraction of sp³-hybridized carbons (Fsp3) is 0.571. The third-order valence-electron chi connectivity index (χ3n) is 5.55. The topological polar surface area (TPSA) is 29.4 Å². The SMILES string of the molecule is C/C=C(\C=C/C(C)=NCC(=O)c1cc(C)c(CCCCC)c(C(C)(C)C)c1)CCC. The highest BCUT2D eigenvalue weighted by atomic mass is 16.1. The molecule has 0 heterocycles. The van der Waals surface area contributed by atoms with Crippen LogP contribution < -0.4 is 0 Å². The lowest BCUT2D eigenvalue weighted by atomic mass is 9.79. The van der Waals surface area contributed by atoms with E-state index >= 15 is 0 Å². The van der Waals surface area contributed by atoms with Crippen LogP contribution in [0.2, 0.25) is 0 Å². The van der Waals surface area contributed by atoms with E-state index in [9.17, 15) is 4.79 Å². The zero-order valence-electron chi connectivity index (χ0n) is 20.7. The van der Waals surface area contributed by atoms with Crippen LogP contribution in [0, 0.1) is 6.92 Å². The first-order valence-electron chi connectivity index (χ1n) is 11.7. The number of allylic oxidation sites excluding steroid dienone is 4. The van der Waals surface area contributed by atoms with Crippen LogP contribution in [-0.2, 0) is 11.8 Å². The van der Waals surface area contributed by atoms with Gasteiger partial charge in [0.1, 0.15) is 6.54 Å². The first-order chi connectivity index (χ1) is 14.1.